The van der Waals surface area contributed by atoms with Gasteiger partial charge in [-0.3, -0.25) is 9.80 Å². The van der Waals surface area contributed by atoms with Gasteiger partial charge in [0.1, 0.15) is 5.75 Å². The van der Waals surface area contributed by atoms with Crippen molar-refractivity contribution in [1.29, 1.82) is 0 Å². The zero-order chi connectivity index (χ0) is 12.3. The van der Waals surface area contributed by atoms with Crippen LogP contribution in [0.1, 0.15) is 24.0 Å². The Morgan fingerprint density at radius 2 is 2.06 bits per heavy atom. The molecule has 0 heterocycles. The van der Waals surface area contributed by atoms with Crippen LogP contribution in [0.25, 0.3) is 0 Å². The molecule has 4 nitrogen and oxygen atoms in total. The first-order valence-electron chi connectivity index (χ1n) is 5.92. The molecule has 2 N–H and O–H groups in total. The Balaban J connectivity index is 2.00. The smallest absolute Gasteiger partial charge is 0.274 e. The number of likely N-dealkylation sites (N-methyl/N-ethyl adjacent to an activating group) is 1. The zero-order valence-corrected chi connectivity index (χ0v) is 10.1. The molecule has 1 aromatic rings. The van der Waals surface area contributed by atoms with E-state index in [9.17, 15) is 4.79 Å². The van der Waals surface area contributed by atoms with Crippen molar-refractivity contribution in [1.82, 2.24) is 5.01 Å². The Labute approximate surface area is 101 Å². The largest absolute Gasteiger partial charge is 0.484 e. The molecule has 0 spiro atoms. The first kappa shape index (κ1) is 11.9. The lowest BCUT2D eigenvalue weighted by Gasteiger charge is -2.17. The molecule has 1 aliphatic rings. The molecule has 1 aliphatic carbocycles. The first-order valence-corrected chi connectivity index (χ1v) is 5.92. The number of benzene rings is 1. The van der Waals surface area contributed by atoms with Crippen LogP contribution in [0, 0.1) is 0 Å². The maximum absolute atomic E-state index is 11.3. The van der Waals surface area contributed by atoms with Crippen LogP contribution >= 0.6 is 0 Å². The van der Waals surface area contributed by atoms with Gasteiger partial charge in [0.15, 0.2) is 6.61 Å². The van der Waals surface area contributed by atoms with E-state index in [1.807, 2.05) is 12.1 Å². The van der Waals surface area contributed by atoms with Gasteiger partial charge in [-0.15, -0.1) is 0 Å². The number of nitrogens with two attached hydrogens (primary N) is 1. The van der Waals surface area contributed by atoms with Gasteiger partial charge < -0.3 is 4.74 Å². The highest BCUT2D eigenvalue weighted by molar-refractivity contribution is 5.76. The molecule has 0 radical (unpaired) electrons. The lowest BCUT2D eigenvalue weighted by Crippen LogP contribution is -2.36. The summed E-state index contributed by atoms with van der Waals surface area (Å²) in [7, 11) is 1.51. The summed E-state index contributed by atoms with van der Waals surface area (Å²) < 4.78 is 5.42. The molecule has 0 aliphatic heterocycles. The van der Waals surface area contributed by atoms with Crippen molar-refractivity contribution < 1.29 is 9.53 Å². The third-order valence-electron chi connectivity index (χ3n) is 3.08. The van der Waals surface area contributed by atoms with E-state index in [4.69, 9.17) is 10.6 Å². The second kappa shape index (κ2) is 5.19. The van der Waals surface area contributed by atoms with Gasteiger partial charge in [0.25, 0.3) is 5.91 Å². The third kappa shape index (κ3) is 2.97. The molecule has 92 valence electrons. The van der Waals surface area contributed by atoms with Crippen molar-refractivity contribution in [3.8, 4) is 5.75 Å². The number of aryl methyl sites for hydroxylation is 2. The minimum Gasteiger partial charge on any atom is -0.484 e. The summed E-state index contributed by atoms with van der Waals surface area (Å²) in [6, 6.07) is 6.06. The lowest BCUT2D eigenvalue weighted by molar-refractivity contribution is -0.132. The van der Waals surface area contributed by atoms with Crippen molar-refractivity contribution in [3.05, 3.63) is 29.3 Å². The van der Waals surface area contributed by atoms with Crippen LogP contribution in [0.4, 0.5) is 0 Å². The average Bonchev–Trinajstić information content (AvgIpc) is 2.35. The van der Waals surface area contributed by atoms with Crippen molar-refractivity contribution >= 4 is 5.91 Å². The molecule has 0 unspecified atom stereocenters. The van der Waals surface area contributed by atoms with Crippen LogP contribution in [-0.2, 0) is 17.6 Å². The van der Waals surface area contributed by atoms with Gasteiger partial charge in [-0.1, -0.05) is 6.07 Å². The number of rotatable bonds is 3. The molecule has 1 amide bonds. The molecule has 4 heteroatoms. The number of fused-ring (bicyclic) bond motifs is 1. The molecule has 0 saturated heterocycles. The number of ether oxygens (including phenoxy) is 1. The van der Waals surface area contributed by atoms with Crippen molar-refractivity contribution in [3.63, 3.8) is 0 Å². The number of hydrazine groups is 1. The molecular weight excluding hydrogens is 216 g/mol. The second-order valence-electron chi connectivity index (χ2n) is 4.43. The van der Waals surface area contributed by atoms with E-state index in [0.717, 1.165) is 23.6 Å². The van der Waals surface area contributed by atoms with Gasteiger partial charge >= 0.3 is 0 Å². The summed E-state index contributed by atoms with van der Waals surface area (Å²) in [5, 5.41) is 1.04. The maximum Gasteiger partial charge on any atom is 0.274 e. The predicted octanol–water partition coefficient (Wildman–Crippen LogP) is 1.28. The Kier molecular flexibility index (Phi) is 3.64. The quantitative estimate of drug-likeness (QED) is 0.487. The minimum absolute atomic E-state index is 0.00815. The predicted molar refractivity (Wildman–Crippen MR) is 65.5 cm³/mol. The molecule has 0 atom stereocenters. The third-order valence-corrected chi connectivity index (χ3v) is 3.08. The number of nitrogens with zero attached hydrogens (tertiary/aromatic N) is 1. The highest BCUT2D eigenvalue weighted by Gasteiger charge is 2.11. The highest BCUT2D eigenvalue weighted by atomic mass is 16.5. The molecule has 0 saturated carbocycles. The van der Waals surface area contributed by atoms with E-state index < -0.39 is 0 Å². The number of amides is 1. The summed E-state index contributed by atoms with van der Waals surface area (Å²) in [5.41, 5.74) is 2.76. The second-order valence-corrected chi connectivity index (χ2v) is 4.43. The topological polar surface area (TPSA) is 55.6 Å². The van der Waals surface area contributed by atoms with E-state index in [2.05, 4.69) is 6.07 Å². The first-order chi connectivity index (χ1) is 8.16. The molecule has 0 aromatic heterocycles. The summed E-state index contributed by atoms with van der Waals surface area (Å²) in [6.07, 6.45) is 4.77. The van der Waals surface area contributed by atoms with Gasteiger partial charge in [-0.2, -0.15) is 0 Å². The van der Waals surface area contributed by atoms with Crippen molar-refractivity contribution in [2.24, 2.45) is 5.84 Å². The van der Waals surface area contributed by atoms with Crippen molar-refractivity contribution in [2.75, 3.05) is 13.7 Å². The van der Waals surface area contributed by atoms with Crippen LogP contribution in [0.5, 0.6) is 5.75 Å². The minimum atomic E-state index is -0.234. The fourth-order valence-electron chi connectivity index (χ4n) is 2.05. The molecule has 2 rings (SSSR count). The van der Waals surface area contributed by atoms with Gasteiger partial charge in [0.2, 0.25) is 0 Å². The van der Waals surface area contributed by atoms with Crippen molar-refractivity contribution in [2.45, 2.75) is 25.7 Å². The average molecular weight is 234 g/mol. The van der Waals surface area contributed by atoms with Crippen LogP contribution < -0.4 is 10.6 Å². The highest BCUT2D eigenvalue weighted by Crippen LogP contribution is 2.25. The number of hydrogen-bond acceptors (Lipinski definition) is 3. The maximum atomic E-state index is 11.3. The van der Waals surface area contributed by atoms with E-state index in [-0.39, 0.29) is 12.5 Å². The monoisotopic (exact) mass is 234 g/mol. The summed E-state index contributed by atoms with van der Waals surface area (Å²) >= 11 is 0. The summed E-state index contributed by atoms with van der Waals surface area (Å²) in [5.74, 6) is 5.83. The molecule has 0 fully saturated rings. The zero-order valence-electron chi connectivity index (χ0n) is 10.1. The number of carbonyl (C=O) groups excluding carboxylic acids is 1. The Morgan fingerprint density at radius 1 is 1.35 bits per heavy atom. The van der Waals surface area contributed by atoms with Gasteiger partial charge in [0, 0.05) is 7.05 Å². The van der Waals surface area contributed by atoms with Crippen LogP contribution in [0.3, 0.4) is 0 Å². The van der Waals surface area contributed by atoms with E-state index in [0.29, 0.717) is 0 Å². The van der Waals surface area contributed by atoms with E-state index in [1.165, 1.54) is 31.0 Å². The van der Waals surface area contributed by atoms with E-state index in [1.54, 1.807) is 0 Å². The van der Waals surface area contributed by atoms with Crippen LogP contribution in [-0.4, -0.2) is 24.6 Å². The number of hydrogen-bond donors (Lipinski definition) is 1. The normalized spacial score (nSPS) is 14.0. The van der Waals surface area contributed by atoms with Gasteiger partial charge in [-0.05, 0) is 48.9 Å². The van der Waals surface area contributed by atoms with Gasteiger partial charge in [-0.25, -0.2) is 5.84 Å². The molecule has 0 bridgehead atoms. The summed E-state index contributed by atoms with van der Waals surface area (Å²) in [4.78, 5) is 11.3. The Morgan fingerprint density at radius 3 is 2.76 bits per heavy atom. The van der Waals surface area contributed by atoms with Crippen LogP contribution in [0.2, 0.25) is 0 Å². The molecule has 17 heavy (non-hydrogen) atoms. The SMILES string of the molecule is CN(N)C(=O)COc1ccc2c(c1)CCCC2. The lowest BCUT2D eigenvalue weighted by atomic mass is 9.92. The Hall–Kier alpha value is -1.55. The molecular formula is C13H18N2O2. The Bertz CT molecular complexity index is 416. The number of carbonyl (C=O) groups is 1. The van der Waals surface area contributed by atoms with Gasteiger partial charge in [0.05, 0.1) is 0 Å². The fraction of sp³-hybridized carbons (Fsp3) is 0.462. The van der Waals surface area contributed by atoms with E-state index >= 15 is 0 Å². The van der Waals surface area contributed by atoms with Crippen LogP contribution in [0.15, 0.2) is 18.2 Å². The summed E-state index contributed by atoms with van der Waals surface area (Å²) in [6.45, 7) is -0.00815. The standard InChI is InChI=1S/C13H18N2O2/c1-15(14)13(16)9-17-12-7-6-10-4-2-3-5-11(10)8-12/h6-8H,2-5,9,14H2,1H3. The molecule has 1 aromatic carbocycles. The fourth-order valence-corrected chi connectivity index (χ4v) is 2.05.